The molecule has 158 valence electrons. The molecule has 0 bridgehead atoms. The van der Waals surface area contributed by atoms with Crippen LogP contribution in [0.4, 0.5) is 0 Å². The van der Waals surface area contributed by atoms with E-state index in [9.17, 15) is 4.79 Å². The Kier molecular flexibility index (Phi) is 7.31. The van der Waals surface area contributed by atoms with Crippen LogP contribution in [0.1, 0.15) is 38.0 Å². The van der Waals surface area contributed by atoms with Gasteiger partial charge in [0, 0.05) is 37.8 Å². The Morgan fingerprint density at radius 2 is 1.70 bits per heavy atom. The van der Waals surface area contributed by atoms with E-state index in [4.69, 9.17) is 18.5 Å². The molecule has 0 fully saturated rings. The second-order valence-corrected chi connectivity index (χ2v) is 6.66. The van der Waals surface area contributed by atoms with Crippen LogP contribution in [-0.4, -0.2) is 39.5 Å². The van der Waals surface area contributed by atoms with Gasteiger partial charge < -0.3 is 18.5 Å². The second-order valence-electron chi connectivity index (χ2n) is 6.66. The van der Waals surface area contributed by atoms with Gasteiger partial charge in [0.15, 0.2) is 0 Å². The minimum Gasteiger partial charge on any atom is -0.499 e. The molecule has 30 heavy (non-hydrogen) atoms. The summed E-state index contributed by atoms with van der Waals surface area (Å²) in [7, 11) is 0. The molecule has 1 aromatic carbocycles. The molecule has 0 saturated carbocycles. The molecule has 9 heteroatoms. The van der Waals surface area contributed by atoms with E-state index in [-0.39, 0.29) is 5.97 Å². The SMILES string of the molecule is C=C(CCc1nc(-c2cccc(-c3noc(C)n3)c2)no1)OCCCCOC(C)=O. The molecule has 0 aliphatic rings. The molecule has 3 aromatic rings. The van der Waals surface area contributed by atoms with Gasteiger partial charge in [0.05, 0.1) is 19.0 Å². The first-order valence-corrected chi connectivity index (χ1v) is 9.69. The molecule has 0 N–H and O–H groups in total. The second kappa shape index (κ2) is 10.3. The maximum Gasteiger partial charge on any atom is 0.302 e. The van der Waals surface area contributed by atoms with Gasteiger partial charge in [-0.25, -0.2) is 0 Å². The monoisotopic (exact) mass is 412 g/mol. The number of carbonyl (C=O) groups excluding carboxylic acids is 1. The van der Waals surface area contributed by atoms with E-state index in [1.54, 1.807) is 6.92 Å². The quantitative estimate of drug-likeness (QED) is 0.263. The summed E-state index contributed by atoms with van der Waals surface area (Å²) in [6.07, 6.45) is 2.65. The fourth-order valence-corrected chi connectivity index (χ4v) is 2.64. The molecular formula is C21H24N4O5. The number of rotatable bonds is 11. The standard InChI is InChI=1S/C21H24N4O5/c1-14(27-11-4-5-12-28-16(3)26)9-10-19-23-21(25-30-19)18-8-6-7-17(13-18)20-22-15(2)29-24-20/h6-8,13H,1,4-5,9-12H2,2-3H3. The number of aromatic nitrogens is 4. The number of aryl methyl sites for hydroxylation is 2. The van der Waals surface area contributed by atoms with Crippen LogP contribution in [0.5, 0.6) is 0 Å². The molecule has 0 aliphatic heterocycles. The van der Waals surface area contributed by atoms with Crippen LogP contribution in [0, 0.1) is 6.92 Å². The number of nitrogens with zero attached hydrogens (tertiary/aromatic N) is 4. The summed E-state index contributed by atoms with van der Waals surface area (Å²) in [6.45, 7) is 7.98. The van der Waals surface area contributed by atoms with Crippen molar-refractivity contribution in [2.75, 3.05) is 13.2 Å². The van der Waals surface area contributed by atoms with Gasteiger partial charge in [-0.15, -0.1) is 0 Å². The first-order chi connectivity index (χ1) is 14.5. The predicted molar refractivity (Wildman–Crippen MR) is 107 cm³/mol. The number of benzene rings is 1. The van der Waals surface area contributed by atoms with E-state index >= 15 is 0 Å². The van der Waals surface area contributed by atoms with Gasteiger partial charge in [-0.05, 0) is 18.9 Å². The molecule has 3 rings (SSSR count). The fraction of sp³-hybridized carbons (Fsp3) is 0.381. The number of unbranched alkanes of at least 4 members (excludes halogenated alkanes) is 1. The Morgan fingerprint density at radius 1 is 1.03 bits per heavy atom. The van der Waals surface area contributed by atoms with Crippen molar-refractivity contribution in [3.8, 4) is 22.8 Å². The third-order valence-electron chi connectivity index (χ3n) is 4.14. The summed E-state index contributed by atoms with van der Waals surface area (Å²) in [5.74, 6) is 2.39. The van der Waals surface area contributed by atoms with Crippen molar-refractivity contribution in [1.29, 1.82) is 0 Å². The van der Waals surface area contributed by atoms with Crippen LogP contribution in [0.3, 0.4) is 0 Å². The molecule has 0 aliphatic carbocycles. The van der Waals surface area contributed by atoms with Crippen molar-refractivity contribution in [3.05, 3.63) is 48.4 Å². The van der Waals surface area contributed by atoms with Crippen molar-refractivity contribution < 1.29 is 23.3 Å². The van der Waals surface area contributed by atoms with Crippen LogP contribution < -0.4 is 0 Å². The average Bonchev–Trinajstić information content (AvgIpc) is 3.38. The van der Waals surface area contributed by atoms with E-state index in [0.717, 1.165) is 24.0 Å². The summed E-state index contributed by atoms with van der Waals surface area (Å²) >= 11 is 0. The Balaban J connectivity index is 1.46. The highest BCUT2D eigenvalue weighted by atomic mass is 16.5. The van der Waals surface area contributed by atoms with Crippen molar-refractivity contribution in [3.63, 3.8) is 0 Å². The molecule has 0 saturated heterocycles. The molecule has 2 heterocycles. The maximum absolute atomic E-state index is 10.7. The van der Waals surface area contributed by atoms with Gasteiger partial charge in [0.2, 0.25) is 23.4 Å². The summed E-state index contributed by atoms with van der Waals surface area (Å²) in [6, 6.07) is 7.55. The third kappa shape index (κ3) is 6.26. The average molecular weight is 412 g/mol. The number of esters is 1. The molecule has 0 unspecified atom stereocenters. The third-order valence-corrected chi connectivity index (χ3v) is 4.14. The van der Waals surface area contributed by atoms with Crippen LogP contribution >= 0.6 is 0 Å². The molecule has 0 amide bonds. The molecule has 9 nitrogen and oxygen atoms in total. The van der Waals surface area contributed by atoms with Crippen molar-refractivity contribution in [1.82, 2.24) is 20.3 Å². The number of ether oxygens (including phenoxy) is 2. The minimum absolute atomic E-state index is 0.268. The molecular weight excluding hydrogens is 388 g/mol. The smallest absolute Gasteiger partial charge is 0.302 e. The number of allylic oxidation sites excluding steroid dienone is 1. The zero-order valence-corrected chi connectivity index (χ0v) is 17.1. The van der Waals surface area contributed by atoms with Crippen LogP contribution in [0.15, 0.2) is 45.6 Å². The molecule has 0 spiro atoms. The van der Waals surface area contributed by atoms with Gasteiger partial charge in [-0.3, -0.25) is 4.79 Å². The molecule has 0 atom stereocenters. The Hall–Kier alpha value is -3.49. The van der Waals surface area contributed by atoms with Gasteiger partial charge in [0.25, 0.3) is 0 Å². The summed E-state index contributed by atoms with van der Waals surface area (Å²) in [5, 5.41) is 7.98. The topological polar surface area (TPSA) is 113 Å². The lowest BCUT2D eigenvalue weighted by Gasteiger charge is -2.08. The minimum atomic E-state index is -0.268. The van der Waals surface area contributed by atoms with Crippen LogP contribution in [0.2, 0.25) is 0 Å². The lowest BCUT2D eigenvalue weighted by atomic mass is 10.1. The highest BCUT2D eigenvalue weighted by molar-refractivity contribution is 5.66. The van der Waals surface area contributed by atoms with E-state index in [1.165, 1.54) is 6.92 Å². The van der Waals surface area contributed by atoms with E-state index in [0.29, 0.717) is 55.2 Å². The summed E-state index contributed by atoms with van der Waals surface area (Å²) in [4.78, 5) is 19.4. The lowest BCUT2D eigenvalue weighted by Crippen LogP contribution is -2.02. The van der Waals surface area contributed by atoms with Crippen molar-refractivity contribution >= 4 is 5.97 Å². The summed E-state index contributed by atoms with van der Waals surface area (Å²) in [5.41, 5.74) is 1.61. The van der Waals surface area contributed by atoms with Crippen LogP contribution in [-0.2, 0) is 20.7 Å². The van der Waals surface area contributed by atoms with Gasteiger partial charge >= 0.3 is 5.97 Å². The predicted octanol–water partition coefficient (Wildman–Crippen LogP) is 3.90. The summed E-state index contributed by atoms with van der Waals surface area (Å²) < 4.78 is 20.8. The maximum atomic E-state index is 10.7. The largest absolute Gasteiger partial charge is 0.499 e. The Morgan fingerprint density at radius 3 is 2.37 bits per heavy atom. The Bertz CT molecular complexity index is 995. The normalized spacial score (nSPS) is 10.7. The van der Waals surface area contributed by atoms with Crippen molar-refractivity contribution in [2.24, 2.45) is 0 Å². The van der Waals surface area contributed by atoms with E-state index in [1.807, 2.05) is 24.3 Å². The number of hydrogen-bond acceptors (Lipinski definition) is 9. The first-order valence-electron chi connectivity index (χ1n) is 9.69. The first kappa shape index (κ1) is 21.2. The van der Waals surface area contributed by atoms with E-state index < -0.39 is 0 Å². The highest BCUT2D eigenvalue weighted by Gasteiger charge is 2.12. The van der Waals surface area contributed by atoms with Gasteiger partial charge in [0.1, 0.15) is 0 Å². The molecule has 0 radical (unpaired) electrons. The van der Waals surface area contributed by atoms with Crippen LogP contribution in [0.25, 0.3) is 22.8 Å². The lowest BCUT2D eigenvalue weighted by molar-refractivity contribution is -0.141. The van der Waals surface area contributed by atoms with Gasteiger partial charge in [-0.2, -0.15) is 9.97 Å². The highest BCUT2D eigenvalue weighted by Crippen LogP contribution is 2.23. The Labute approximate surface area is 174 Å². The van der Waals surface area contributed by atoms with Crippen molar-refractivity contribution in [2.45, 2.75) is 39.5 Å². The zero-order chi connectivity index (χ0) is 21.3. The fourth-order valence-electron chi connectivity index (χ4n) is 2.64. The number of hydrogen-bond donors (Lipinski definition) is 0. The molecule has 2 aromatic heterocycles. The zero-order valence-electron chi connectivity index (χ0n) is 17.1. The van der Waals surface area contributed by atoms with Gasteiger partial charge in [-0.1, -0.05) is 35.1 Å². The number of carbonyl (C=O) groups is 1. The van der Waals surface area contributed by atoms with E-state index in [2.05, 4.69) is 26.9 Å².